The number of aromatic nitrogens is 2. The Balaban J connectivity index is 1.36. The molecule has 0 radical (unpaired) electrons. The molecule has 0 atom stereocenters. The summed E-state index contributed by atoms with van der Waals surface area (Å²) in [5, 5.41) is 6.38. The fraction of sp³-hybridized carbons (Fsp3) is 0.0952. The van der Waals surface area contributed by atoms with Gasteiger partial charge < -0.3 is 10.3 Å². The minimum Gasteiger partial charge on any atom is -0.360 e. The molecule has 4 rings (SSSR count). The number of hydrogen-bond acceptors (Lipinski definition) is 4. The Morgan fingerprint density at radius 3 is 2.67 bits per heavy atom. The average molecular weight is 375 g/mol. The van der Waals surface area contributed by atoms with Gasteiger partial charge in [0.05, 0.1) is 16.3 Å². The molecule has 0 unspecified atom stereocenters. The summed E-state index contributed by atoms with van der Waals surface area (Å²) in [7, 11) is 0. The Hall–Kier alpha value is -3.25. The second-order valence-corrected chi connectivity index (χ2v) is 7.02. The maximum Gasteiger partial charge on any atom is 0.292 e. The van der Waals surface area contributed by atoms with Crippen molar-refractivity contribution in [3.8, 4) is 11.3 Å². The van der Waals surface area contributed by atoms with Crippen LogP contribution >= 0.6 is 11.3 Å². The molecule has 0 aliphatic carbocycles. The van der Waals surface area contributed by atoms with Crippen molar-refractivity contribution in [3.63, 3.8) is 0 Å². The van der Waals surface area contributed by atoms with Crippen LogP contribution in [0, 0.1) is 0 Å². The van der Waals surface area contributed by atoms with Crippen LogP contribution in [0.3, 0.4) is 0 Å². The summed E-state index contributed by atoms with van der Waals surface area (Å²) in [6.07, 6.45) is 2.17. The Bertz CT molecular complexity index is 1100. The van der Waals surface area contributed by atoms with E-state index < -0.39 is 11.7 Å². The summed E-state index contributed by atoms with van der Waals surface area (Å²) in [6.45, 7) is 0.370. The third kappa shape index (κ3) is 3.66. The summed E-state index contributed by atoms with van der Waals surface area (Å²) in [4.78, 5) is 32.2. The lowest BCUT2D eigenvalue weighted by molar-refractivity contribution is -0.116. The first kappa shape index (κ1) is 17.2. The molecule has 27 heavy (non-hydrogen) atoms. The predicted molar refractivity (Wildman–Crippen MR) is 107 cm³/mol. The van der Waals surface area contributed by atoms with Gasteiger partial charge in [0.15, 0.2) is 0 Å². The third-order valence-corrected chi connectivity index (χ3v) is 5.19. The Morgan fingerprint density at radius 2 is 1.81 bits per heavy atom. The molecule has 6 heteroatoms. The van der Waals surface area contributed by atoms with Crippen LogP contribution in [-0.4, -0.2) is 28.2 Å². The highest BCUT2D eigenvalue weighted by Gasteiger charge is 2.19. The van der Waals surface area contributed by atoms with Crippen molar-refractivity contribution in [2.45, 2.75) is 6.42 Å². The van der Waals surface area contributed by atoms with E-state index in [4.69, 9.17) is 0 Å². The minimum absolute atomic E-state index is 0.370. The summed E-state index contributed by atoms with van der Waals surface area (Å²) < 4.78 is 0. The maximum atomic E-state index is 12.4. The summed E-state index contributed by atoms with van der Waals surface area (Å²) in [5.41, 5.74) is 3.23. The fourth-order valence-electron chi connectivity index (χ4n) is 2.91. The SMILES string of the molecule is O=C(NCCc1nc(-c2ccccc2)cs1)C(=O)c1c[nH]c2ccccc12. The highest BCUT2D eigenvalue weighted by molar-refractivity contribution is 7.09. The number of hydrogen-bond donors (Lipinski definition) is 2. The molecule has 0 bridgehead atoms. The molecule has 134 valence electrons. The number of carbonyl (C=O) groups is 2. The molecule has 0 aliphatic heterocycles. The van der Waals surface area contributed by atoms with Crippen LogP contribution in [-0.2, 0) is 11.2 Å². The van der Waals surface area contributed by atoms with E-state index in [1.54, 1.807) is 17.5 Å². The predicted octanol–water partition coefficient (Wildman–Crippen LogP) is 3.83. The van der Waals surface area contributed by atoms with Crippen molar-refractivity contribution in [3.05, 3.63) is 76.7 Å². The van der Waals surface area contributed by atoms with Crippen LogP contribution in [0.2, 0.25) is 0 Å². The van der Waals surface area contributed by atoms with Crippen LogP contribution in [0.1, 0.15) is 15.4 Å². The first-order chi connectivity index (χ1) is 13.2. The van der Waals surface area contributed by atoms with Gasteiger partial charge in [0, 0.05) is 41.0 Å². The van der Waals surface area contributed by atoms with E-state index >= 15 is 0 Å². The molecule has 2 heterocycles. The molecule has 0 fully saturated rings. The zero-order valence-corrected chi connectivity index (χ0v) is 15.3. The monoisotopic (exact) mass is 375 g/mol. The fourth-order valence-corrected chi connectivity index (χ4v) is 3.72. The number of rotatable bonds is 6. The van der Waals surface area contributed by atoms with E-state index in [1.165, 1.54) is 0 Å². The Labute approximate surface area is 160 Å². The number of H-pyrrole nitrogens is 1. The van der Waals surface area contributed by atoms with Gasteiger partial charge in [-0.15, -0.1) is 11.3 Å². The Morgan fingerprint density at radius 1 is 1.04 bits per heavy atom. The first-order valence-corrected chi connectivity index (χ1v) is 9.49. The van der Waals surface area contributed by atoms with Gasteiger partial charge in [-0.05, 0) is 6.07 Å². The number of para-hydroxylation sites is 1. The van der Waals surface area contributed by atoms with E-state index in [0.717, 1.165) is 27.2 Å². The molecule has 2 aromatic carbocycles. The molecule has 0 spiro atoms. The van der Waals surface area contributed by atoms with Crippen molar-refractivity contribution < 1.29 is 9.59 Å². The van der Waals surface area contributed by atoms with E-state index in [1.807, 2.05) is 60.0 Å². The van der Waals surface area contributed by atoms with Gasteiger partial charge in [-0.2, -0.15) is 0 Å². The number of nitrogens with zero attached hydrogens (tertiary/aromatic N) is 1. The molecule has 4 aromatic rings. The zero-order chi connectivity index (χ0) is 18.6. The summed E-state index contributed by atoms with van der Waals surface area (Å²) in [6, 6.07) is 17.4. The third-order valence-electron chi connectivity index (χ3n) is 4.29. The zero-order valence-electron chi connectivity index (χ0n) is 14.4. The second kappa shape index (κ2) is 7.55. The number of ketones is 1. The van der Waals surface area contributed by atoms with Gasteiger partial charge >= 0.3 is 0 Å². The van der Waals surface area contributed by atoms with Crippen molar-refractivity contribution in [1.29, 1.82) is 0 Å². The highest BCUT2D eigenvalue weighted by Crippen LogP contribution is 2.21. The molecule has 0 aliphatic rings. The number of Topliss-reactive ketones (excluding diaryl/α,β-unsaturated/α-hetero) is 1. The summed E-state index contributed by atoms with van der Waals surface area (Å²) in [5.74, 6) is -1.13. The molecule has 0 saturated carbocycles. The molecular formula is C21H17N3O2S. The van der Waals surface area contributed by atoms with Gasteiger partial charge in [0.1, 0.15) is 0 Å². The van der Waals surface area contributed by atoms with Crippen LogP contribution < -0.4 is 5.32 Å². The normalized spacial score (nSPS) is 10.8. The maximum absolute atomic E-state index is 12.4. The van der Waals surface area contributed by atoms with Crippen molar-refractivity contribution in [2.75, 3.05) is 6.54 Å². The minimum atomic E-state index is -0.598. The van der Waals surface area contributed by atoms with Gasteiger partial charge in [-0.3, -0.25) is 9.59 Å². The topological polar surface area (TPSA) is 74.8 Å². The molecule has 1 amide bonds. The second-order valence-electron chi connectivity index (χ2n) is 6.08. The highest BCUT2D eigenvalue weighted by atomic mass is 32.1. The van der Waals surface area contributed by atoms with Crippen LogP contribution in [0.5, 0.6) is 0 Å². The lowest BCUT2D eigenvalue weighted by atomic mass is 10.1. The quantitative estimate of drug-likeness (QED) is 0.397. The van der Waals surface area contributed by atoms with E-state index in [9.17, 15) is 9.59 Å². The number of aromatic amines is 1. The van der Waals surface area contributed by atoms with E-state index in [-0.39, 0.29) is 0 Å². The van der Waals surface area contributed by atoms with Gasteiger partial charge in [0.25, 0.3) is 11.7 Å². The Kier molecular flexibility index (Phi) is 4.80. The summed E-state index contributed by atoms with van der Waals surface area (Å²) >= 11 is 1.55. The number of carbonyl (C=O) groups excluding carboxylic acids is 2. The number of benzene rings is 2. The molecular weight excluding hydrogens is 358 g/mol. The van der Waals surface area contributed by atoms with Crippen molar-refractivity contribution in [2.24, 2.45) is 0 Å². The van der Waals surface area contributed by atoms with Crippen LogP contribution in [0.25, 0.3) is 22.2 Å². The van der Waals surface area contributed by atoms with Gasteiger partial charge in [-0.25, -0.2) is 4.98 Å². The van der Waals surface area contributed by atoms with Gasteiger partial charge in [0.2, 0.25) is 0 Å². The molecule has 2 aromatic heterocycles. The smallest absolute Gasteiger partial charge is 0.292 e. The van der Waals surface area contributed by atoms with E-state index in [2.05, 4.69) is 15.3 Å². The largest absolute Gasteiger partial charge is 0.360 e. The van der Waals surface area contributed by atoms with Crippen LogP contribution in [0.4, 0.5) is 0 Å². The van der Waals surface area contributed by atoms with Gasteiger partial charge in [-0.1, -0.05) is 48.5 Å². The number of fused-ring (bicyclic) bond motifs is 1. The number of thiazole rings is 1. The standard InChI is InChI=1S/C21H17N3O2S/c25-20(16-12-23-17-9-5-4-8-15(16)17)21(26)22-11-10-19-24-18(13-27-19)14-6-2-1-3-7-14/h1-9,12-13,23H,10-11H2,(H,22,26). The first-order valence-electron chi connectivity index (χ1n) is 8.61. The molecule has 0 saturated heterocycles. The van der Waals surface area contributed by atoms with Crippen molar-refractivity contribution >= 4 is 33.9 Å². The average Bonchev–Trinajstić information content (AvgIpc) is 3.35. The lowest BCUT2D eigenvalue weighted by Crippen LogP contribution is -2.32. The van der Waals surface area contributed by atoms with E-state index in [0.29, 0.717) is 18.5 Å². The van der Waals surface area contributed by atoms with Crippen LogP contribution in [0.15, 0.2) is 66.2 Å². The van der Waals surface area contributed by atoms with Crippen molar-refractivity contribution in [1.82, 2.24) is 15.3 Å². The lowest BCUT2D eigenvalue weighted by Gasteiger charge is -2.02. The molecule has 2 N–H and O–H groups in total. The number of nitrogens with one attached hydrogen (secondary N) is 2. The molecule has 5 nitrogen and oxygen atoms in total. The number of amides is 1.